The number of carboxylic acids is 1. The predicted octanol–water partition coefficient (Wildman–Crippen LogP) is 6.37. The van der Waals surface area contributed by atoms with E-state index in [0.29, 0.717) is 31.8 Å². The van der Waals surface area contributed by atoms with Gasteiger partial charge in [0.15, 0.2) is 0 Å². The minimum atomic E-state index is -0.796. The second kappa shape index (κ2) is 13.2. The van der Waals surface area contributed by atoms with Gasteiger partial charge in [0.25, 0.3) is 0 Å². The van der Waals surface area contributed by atoms with Gasteiger partial charge in [0.1, 0.15) is 0 Å². The number of hydrogen-bond donors (Lipinski definition) is 1. The third kappa shape index (κ3) is 8.96. The summed E-state index contributed by atoms with van der Waals surface area (Å²) in [6.45, 7) is 2.85. The van der Waals surface area contributed by atoms with Gasteiger partial charge in [-0.05, 0) is 75.0 Å². The van der Waals surface area contributed by atoms with Crippen molar-refractivity contribution >= 4 is 11.9 Å². The molecule has 0 unspecified atom stereocenters. The van der Waals surface area contributed by atoms with Crippen molar-refractivity contribution in [2.75, 3.05) is 6.61 Å². The van der Waals surface area contributed by atoms with E-state index in [2.05, 4.69) is 6.92 Å². The molecule has 2 aliphatic rings. The third-order valence-corrected chi connectivity index (χ3v) is 7.17. The van der Waals surface area contributed by atoms with Crippen molar-refractivity contribution in [3.05, 3.63) is 0 Å². The van der Waals surface area contributed by atoms with E-state index in [9.17, 15) is 9.59 Å². The first kappa shape index (κ1) is 23.2. The molecule has 0 heterocycles. The van der Waals surface area contributed by atoms with Crippen molar-refractivity contribution < 1.29 is 19.4 Å². The van der Waals surface area contributed by atoms with Gasteiger partial charge in [0, 0.05) is 12.8 Å². The van der Waals surface area contributed by atoms with Crippen LogP contribution in [0.2, 0.25) is 0 Å². The lowest BCUT2D eigenvalue weighted by Crippen LogP contribution is -2.27. The zero-order valence-electron chi connectivity index (χ0n) is 18.0. The number of carboxylic acid groups (broad SMARTS) is 1. The van der Waals surface area contributed by atoms with Crippen LogP contribution in [0.25, 0.3) is 0 Å². The Morgan fingerprint density at radius 2 is 1.36 bits per heavy atom. The summed E-state index contributed by atoms with van der Waals surface area (Å²) in [5, 5.41) is 8.61. The molecule has 0 aliphatic heterocycles. The van der Waals surface area contributed by atoms with E-state index in [1.807, 2.05) is 0 Å². The van der Waals surface area contributed by atoms with Crippen molar-refractivity contribution in [2.24, 2.45) is 23.7 Å². The third-order valence-electron chi connectivity index (χ3n) is 7.17. The molecule has 0 aromatic rings. The van der Waals surface area contributed by atoms with E-state index >= 15 is 0 Å². The van der Waals surface area contributed by atoms with Gasteiger partial charge in [-0.2, -0.15) is 0 Å². The highest BCUT2D eigenvalue weighted by Crippen LogP contribution is 2.42. The van der Waals surface area contributed by atoms with Crippen LogP contribution in [-0.2, 0) is 14.3 Å². The second-order valence-electron chi connectivity index (χ2n) is 9.34. The molecular weight excluding hydrogens is 352 g/mol. The van der Waals surface area contributed by atoms with Gasteiger partial charge in [-0.1, -0.05) is 45.4 Å². The van der Waals surface area contributed by atoms with E-state index in [1.165, 1.54) is 77.0 Å². The average Bonchev–Trinajstić information content (AvgIpc) is 2.71. The normalized spacial score (nSPS) is 28.0. The first-order valence-electron chi connectivity index (χ1n) is 12.0. The lowest BCUT2D eigenvalue weighted by molar-refractivity contribution is -0.146. The van der Waals surface area contributed by atoms with Crippen LogP contribution in [0.3, 0.4) is 0 Å². The Morgan fingerprint density at radius 3 is 1.93 bits per heavy atom. The molecule has 4 heteroatoms. The summed E-state index contributed by atoms with van der Waals surface area (Å²) in [4.78, 5) is 22.3. The number of unbranched alkanes of at least 4 members (excludes halogenated alkanes) is 3. The molecule has 0 bridgehead atoms. The molecule has 0 spiro atoms. The lowest BCUT2D eigenvalue weighted by Gasteiger charge is -2.37. The van der Waals surface area contributed by atoms with Gasteiger partial charge < -0.3 is 9.84 Å². The first-order valence-corrected chi connectivity index (χ1v) is 12.0. The van der Waals surface area contributed by atoms with Crippen molar-refractivity contribution in [3.63, 3.8) is 0 Å². The Labute approximate surface area is 171 Å². The van der Waals surface area contributed by atoms with E-state index in [0.717, 1.165) is 17.8 Å². The Kier molecular flexibility index (Phi) is 11.0. The van der Waals surface area contributed by atoms with Crippen LogP contribution < -0.4 is 0 Å². The average molecular weight is 395 g/mol. The largest absolute Gasteiger partial charge is 0.481 e. The van der Waals surface area contributed by atoms with E-state index in [4.69, 9.17) is 9.84 Å². The molecule has 2 saturated carbocycles. The minimum Gasteiger partial charge on any atom is -0.481 e. The Hall–Kier alpha value is -1.06. The van der Waals surface area contributed by atoms with Gasteiger partial charge in [0.2, 0.25) is 0 Å². The minimum absolute atomic E-state index is 0.137. The molecule has 0 aromatic carbocycles. The molecule has 0 saturated heterocycles. The summed E-state index contributed by atoms with van der Waals surface area (Å²) >= 11 is 0. The topological polar surface area (TPSA) is 63.6 Å². The molecule has 162 valence electrons. The summed E-state index contributed by atoms with van der Waals surface area (Å²) in [5.74, 6) is 2.42. The Bertz CT molecular complexity index is 446. The monoisotopic (exact) mass is 394 g/mol. The summed E-state index contributed by atoms with van der Waals surface area (Å²) in [6, 6.07) is 0. The number of ether oxygens (including phenoxy) is 1. The molecule has 0 atom stereocenters. The lowest BCUT2D eigenvalue weighted by atomic mass is 9.69. The van der Waals surface area contributed by atoms with E-state index in [-0.39, 0.29) is 12.4 Å². The zero-order valence-corrected chi connectivity index (χ0v) is 18.0. The van der Waals surface area contributed by atoms with Crippen LogP contribution >= 0.6 is 0 Å². The highest BCUT2D eigenvalue weighted by molar-refractivity contribution is 5.69. The maximum atomic E-state index is 11.8. The fraction of sp³-hybridized carbons (Fsp3) is 0.917. The van der Waals surface area contributed by atoms with Crippen molar-refractivity contribution in [1.29, 1.82) is 0 Å². The molecule has 4 nitrogen and oxygen atoms in total. The van der Waals surface area contributed by atoms with E-state index in [1.54, 1.807) is 0 Å². The first-order chi connectivity index (χ1) is 13.6. The fourth-order valence-electron chi connectivity index (χ4n) is 5.29. The number of rotatable bonds is 12. The standard InChI is InChI=1S/C24H42O4/c1-2-3-4-7-19-10-14-21(15-11-19)22-16-12-20(13-17-22)18-28-24(27)9-6-5-8-23(25)26/h19-22H,2-18H2,1H3,(H,25,26). The summed E-state index contributed by atoms with van der Waals surface area (Å²) in [7, 11) is 0. The van der Waals surface area contributed by atoms with Gasteiger partial charge in [-0.25, -0.2) is 0 Å². The number of carbonyl (C=O) groups excluding carboxylic acids is 1. The summed E-state index contributed by atoms with van der Waals surface area (Å²) in [6.07, 6.45) is 18.1. The Balaban J connectivity index is 1.53. The molecule has 2 aliphatic carbocycles. The van der Waals surface area contributed by atoms with Crippen molar-refractivity contribution in [3.8, 4) is 0 Å². The molecule has 0 amide bonds. The van der Waals surface area contributed by atoms with Crippen LogP contribution in [0, 0.1) is 23.7 Å². The number of carbonyl (C=O) groups is 2. The molecule has 2 fully saturated rings. The zero-order chi connectivity index (χ0) is 20.2. The number of esters is 1. The van der Waals surface area contributed by atoms with Gasteiger partial charge >= 0.3 is 11.9 Å². The highest BCUT2D eigenvalue weighted by Gasteiger charge is 2.31. The SMILES string of the molecule is CCCCCC1CCC(C2CCC(COC(=O)CCCCC(=O)O)CC2)CC1. The van der Waals surface area contributed by atoms with Crippen LogP contribution in [0.1, 0.15) is 110 Å². The van der Waals surface area contributed by atoms with Crippen molar-refractivity contribution in [1.82, 2.24) is 0 Å². The highest BCUT2D eigenvalue weighted by atomic mass is 16.5. The molecule has 0 aromatic heterocycles. The van der Waals surface area contributed by atoms with E-state index < -0.39 is 5.97 Å². The maximum Gasteiger partial charge on any atom is 0.305 e. The summed E-state index contributed by atoms with van der Waals surface area (Å²) in [5.41, 5.74) is 0. The second-order valence-corrected chi connectivity index (χ2v) is 9.34. The summed E-state index contributed by atoms with van der Waals surface area (Å²) < 4.78 is 5.44. The quantitative estimate of drug-likeness (QED) is 0.309. The molecule has 0 radical (unpaired) electrons. The number of aliphatic carboxylic acids is 1. The van der Waals surface area contributed by atoms with Crippen LogP contribution in [-0.4, -0.2) is 23.7 Å². The molecule has 2 rings (SSSR count). The molecular formula is C24H42O4. The predicted molar refractivity (Wildman–Crippen MR) is 112 cm³/mol. The number of hydrogen-bond acceptors (Lipinski definition) is 3. The maximum absolute atomic E-state index is 11.8. The van der Waals surface area contributed by atoms with Crippen LogP contribution in [0.15, 0.2) is 0 Å². The van der Waals surface area contributed by atoms with Gasteiger partial charge in [-0.3, -0.25) is 9.59 Å². The molecule has 1 N–H and O–H groups in total. The van der Waals surface area contributed by atoms with Crippen molar-refractivity contribution in [2.45, 2.75) is 110 Å². The van der Waals surface area contributed by atoms with Crippen LogP contribution in [0.4, 0.5) is 0 Å². The van der Waals surface area contributed by atoms with Crippen LogP contribution in [0.5, 0.6) is 0 Å². The fourth-order valence-corrected chi connectivity index (χ4v) is 5.29. The smallest absolute Gasteiger partial charge is 0.305 e. The Morgan fingerprint density at radius 1 is 0.786 bits per heavy atom. The molecule has 28 heavy (non-hydrogen) atoms. The van der Waals surface area contributed by atoms with Gasteiger partial charge in [-0.15, -0.1) is 0 Å². The van der Waals surface area contributed by atoms with Gasteiger partial charge in [0.05, 0.1) is 6.61 Å².